The summed E-state index contributed by atoms with van der Waals surface area (Å²) in [6.45, 7) is 4.98. The predicted molar refractivity (Wildman–Crippen MR) is 66.3 cm³/mol. The lowest BCUT2D eigenvalue weighted by Crippen LogP contribution is -2.42. The predicted octanol–water partition coefficient (Wildman–Crippen LogP) is 2.69. The van der Waals surface area contributed by atoms with Crippen LogP contribution in [0.1, 0.15) is 25.8 Å². The summed E-state index contributed by atoms with van der Waals surface area (Å²) < 4.78 is 0. The van der Waals surface area contributed by atoms with Gasteiger partial charge in [-0.15, -0.1) is 0 Å². The maximum atomic E-state index is 9.15. The summed E-state index contributed by atoms with van der Waals surface area (Å²) in [7, 11) is 0. The van der Waals surface area contributed by atoms with E-state index >= 15 is 0 Å². The first-order chi connectivity index (χ1) is 8.11. The van der Waals surface area contributed by atoms with Gasteiger partial charge in [-0.3, -0.25) is 0 Å². The third-order valence-electron chi connectivity index (χ3n) is 3.66. The molecule has 1 aliphatic rings. The maximum Gasteiger partial charge on any atom is 0.101 e. The average Bonchev–Trinajstić information content (AvgIpc) is 2.63. The van der Waals surface area contributed by atoms with E-state index in [-0.39, 0.29) is 11.5 Å². The van der Waals surface area contributed by atoms with Crippen molar-refractivity contribution in [1.82, 2.24) is 0 Å². The van der Waals surface area contributed by atoms with Crippen LogP contribution in [-0.4, -0.2) is 12.1 Å². The van der Waals surface area contributed by atoms with Crippen molar-refractivity contribution >= 4 is 5.69 Å². The van der Waals surface area contributed by atoms with Gasteiger partial charge in [0.05, 0.1) is 28.8 Å². The Morgan fingerprint density at radius 2 is 2.00 bits per heavy atom. The second kappa shape index (κ2) is 4.11. The minimum absolute atomic E-state index is 0.0225. The van der Waals surface area contributed by atoms with Crippen molar-refractivity contribution in [3.63, 3.8) is 0 Å². The van der Waals surface area contributed by atoms with E-state index in [4.69, 9.17) is 10.5 Å². The van der Waals surface area contributed by atoms with Gasteiger partial charge in [-0.25, -0.2) is 0 Å². The highest BCUT2D eigenvalue weighted by atomic mass is 15.2. The van der Waals surface area contributed by atoms with Crippen molar-refractivity contribution < 1.29 is 0 Å². The second-order valence-electron chi connectivity index (χ2n) is 4.90. The molecule has 1 atom stereocenters. The van der Waals surface area contributed by atoms with Crippen LogP contribution in [0.2, 0.25) is 0 Å². The zero-order valence-corrected chi connectivity index (χ0v) is 10.1. The minimum Gasteiger partial charge on any atom is -0.364 e. The molecule has 1 aromatic rings. The zero-order valence-electron chi connectivity index (χ0n) is 10.1. The fourth-order valence-corrected chi connectivity index (χ4v) is 2.54. The van der Waals surface area contributed by atoms with Crippen LogP contribution in [-0.2, 0) is 0 Å². The first-order valence-corrected chi connectivity index (χ1v) is 5.77. The Labute approximate surface area is 102 Å². The Bertz CT molecular complexity index is 505. The molecule has 1 saturated heterocycles. The van der Waals surface area contributed by atoms with Crippen molar-refractivity contribution in [2.45, 2.75) is 25.8 Å². The van der Waals surface area contributed by atoms with Gasteiger partial charge in [0.2, 0.25) is 0 Å². The summed E-state index contributed by atoms with van der Waals surface area (Å²) in [5.74, 6) is 0.0225. The Kier molecular flexibility index (Phi) is 2.77. The fraction of sp³-hybridized carbons (Fsp3) is 0.429. The van der Waals surface area contributed by atoms with Crippen molar-refractivity contribution in [2.24, 2.45) is 5.92 Å². The molecular weight excluding hydrogens is 210 g/mol. The highest BCUT2D eigenvalue weighted by Gasteiger charge is 2.42. The van der Waals surface area contributed by atoms with Crippen LogP contribution in [0, 0.1) is 28.6 Å². The Hall–Kier alpha value is -2.00. The molecule has 86 valence electrons. The highest BCUT2D eigenvalue weighted by Crippen LogP contribution is 2.38. The van der Waals surface area contributed by atoms with E-state index in [2.05, 4.69) is 30.9 Å². The summed E-state index contributed by atoms with van der Waals surface area (Å²) in [5.41, 5.74) is 1.42. The van der Waals surface area contributed by atoms with Crippen molar-refractivity contribution in [3.8, 4) is 12.1 Å². The fourth-order valence-electron chi connectivity index (χ4n) is 2.54. The lowest BCUT2D eigenvalue weighted by Gasteiger charge is -2.35. The van der Waals surface area contributed by atoms with E-state index in [1.54, 1.807) is 0 Å². The molecule has 0 N–H and O–H groups in total. The van der Waals surface area contributed by atoms with Gasteiger partial charge in [0.1, 0.15) is 6.07 Å². The topological polar surface area (TPSA) is 50.8 Å². The third kappa shape index (κ3) is 1.74. The molecule has 0 aliphatic carbocycles. The number of hydrogen-bond donors (Lipinski definition) is 0. The summed E-state index contributed by atoms with van der Waals surface area (Å²) in [6.07, 6.45) is 0.864. The number of para-hydroxylation sites is 1. The normalized spacial score (nSPS) is 21.9. The van der Waals surface area contributed by atoms with E-state index in [0.29, 0.717) is 5.56 Å². The van der Waals surface area contributed by atoms with Crippen LogP contribution in [0.4, 0.5) is 5.69 Å². The van der Waals surface area contributed by atoms with Gasteiger partial charge in [-0.1, -0.05) is 12.1 Å². The summed E-state index contributed by atoms with van der Waals surface area (Å²) in [5, 5.41) is 18.3. The van der Waals surface area contributed by atoms with Crippen molar-refractivity contribution in [3.05, 3.63) is 29.8 Å². The smallest absolute Gasteiger partial charge is 0.101 e. The van der Waals surface area contributed by atoms with E-state index in [1.807, 2.05) is 24.3 Å². The number of nitriles is 2. The summed E-state index contributed by atoms with van der Waals surface area (Å²) in [4.78, 5) is 2.18. The molecular formula is C14H15N3. The van der Waals surface area contributed by atoms with Gasteiger partial charge < -0.3 is 4.90 Å². The van der Waals surface area contributed by atoms with Gasteiger partial charge >= 0.3 is 0 Å². The number of benzene rings is 1. The van der Waals surface area contributed by atoms with Crippen LogP contribution in [0.3, 0.4) is 0 Å². The third-order valence-corrected chi connectivity index (χ3v) is 3.66. The van der Waals surface area contributed by atoms with E-state index in [0.717, 1.165) is 18.7 Å². The molecule has 0 bridgehead atoms. The second-order valence-corrected chi connectivity index (χ2v) is 4.90. The van der Waals surface area contributed by atoms with Crippen LogP contribution in [0.25, 0.3) is 0 Å². The van der Waals surface area contributed by atoms with Crippen molar-refractivity contribution in [2.75, 3.05) is 11.4 Å². The first kappa shape index (κ1) is 11.5. The molecule has 0 saturated carbocycles. The molecule has 17 heavy (non-hydrogen) atoms. The van der Waals surface area contributed by atoms with Crippen LogP contribution >= 0.6 is 0 Å². The average molecular weight is 225 g/mol. The molecule has 1 aromatic carbocycles. The standard InChI is InChI=1S/C14H15N3/c1-14(2)12(10-16)7-8-17(14)13-6-4-3-5-11(13)9-15/h3-6,12H,7-8H2,1-2H3. The van der Waals surface area contributed by atoms with Crippen molar-refractivity contribution in [1.29, 1.82) is 10.5 Å². The van der Waals surface area contributed by atoms with Gasteiger partial charge in [0.25, 0.3) is 0 Å². The summed E-state index contributed by atoms with van der Waals surface area (Å²) >= 11 is 0. The molecule has 0 aromatic heterocycles. The molecule has 3 nitrogen and oxygen atoms in total. The quantitative estimate of drug-likeness (QED) is 0.738. The molecule has 0 radical (unpaired) electrons. The molecule has 1 unspecified atom stereocenters. The Morgan fingerprint density at radius 3 is 2.59 bits per heavy atom. The SMILES string of the molecule is CC1(C)C(C#N)CCN1c1ccccc1C#N. The molecule has 0 spiro atoms. The van der Waals surface area contributed by atoms with Crippen LogP contribution < -0.4 is 4.90 Å². The lowest BCUT2D eigenvalue weighted by molar-refractivity contribution is 0.439. The molecule has 0 amide bonds. The number of nitrogens with zero attached hydrogens (tertiary/aromatic N) is 3. The summed E-state index contributed by atoms with van der Waals surface area (Å²) in [6, 6.07) is 12.2. The molecule has 2 rings (SSSR count). The lowest BCUT2D eigenvalue weighted by atomic mass is 9.89. The van der Waals surface area contributed by atoms with Gasteiger partial charge in [0.15, 0.2) is 0 Å². The van der Waals surface area contributed by atoms with Gasteiger partial charge in [-0.05, 0) is 32.4 Å². The minimum atomic E-state index is -0.207. The van der Waals surface area contributed by atoms with Crippen LogP contribution in [0.5, 0.6) is 0 Å². The largest absolute Gasteiger partial charge is 0.364 e. The van der Waals surface area contributed by atoms with E-state index in [9.17, 15) is 0 Å². The Morgan fingerprint density at radius 1 is 1.29 bits per heavy atom. The zero-order chi connectivity index (χ0) is 12.5. The highest BCUT2D eigenvalue weighted by molar-refractivity contribution is 5.61. The van der Waals surface area contributed by atoms with E-state index in [1.165, 1.54) is 0 Å². The van der Waals surface area contributed by atoms with Gasteiger partial charge in [-0.2, -0.15) is 10.5 Å². The molecule has 1 aliphatic heterocycles. The van der Waals surface area contributed by atoms with Gasteiger partial charge in [0, 0.05) is 6.54 Å². The molecule has 1 fully saturated rings. The maximum absolute atomic E-state index is 9.15. The Balaban J connectivity index is 2.43. The molecule has 1 heterocycles. The van der Waals surface area contributed by atoms with Crippen LogP contribution in [0.15, 0.2) is 24.3 Å². The monoisotopic (exact) mass is 225 g/mol. The van der Waals surface area contributed by atoms with E-state index < -0.39 is 0 Å². The number of rotatable bonds is 1. The number of hydrogen-bond acceptors (Lipinski definition) is 3. The first-order valence-electron chi connectivity index (χ1n) is 5.77. The number of anilines is 1. The molecule has 3 heteroatoms.